The van der Waals surface area contributed by atoms with Crippen LogP contribution in [-0.4, -0.2) is 69.7 Å². The summed E-state index contributed by atoms with van der Waals surface area (Å²) in [5, 5.41) is 11.3. The number of hydrogen-bond donors (Lipinski definition) is 1. The molecule has 0 saturated carbocycles. The van der Waals surface area contributed by atoms with Crippen LogP contribution in [0.25, 0.3) is 0 Å². The molecule has 0 radical (unpaired) electrons. The Labute approximate surface area is 176 Å². The average molecular weight is 425 g/mol. The summed E-state index contributed by atoms with van der Waals surface area (Å²) in [6.45, 7) is 8.30. The lowest BCUT2D eigenvalue weighted by molar-refractivity contribution is 0.0620. The van der Waals surface area contributed by atoms with E-state index in [0.29, 0.717) is 11.7 Å². The van der Waals surface area contributed by atoms with Crippen LogP contribution >= 0.6 is 23.7 Å². The van der Waals surface area contributed by atoms with E-state index in [1.165, 1.54) is 5.01 Å². The Morgan fingerprint density at radius 1 is 1.32 bits per heavy atom. The minimum Gasteiger partial charge on any atom is -0.335 e. The van der Waals surface area contributed by atoms with Gasteiger partial charge < -0.3 is 10.2 Å². The second-order valence-corrected chi connectivity index (χ2v) is 8.28. The standard InChI is InChI=1S/C19H28N6OS.ClH/c1-2-18-21-15(14-27-18)13-23-8-10-24(11-9-23)19(26)17-5-7-25(22-17)16-4-3-6-20-12-16;/h5,7,14,16,20H,2-4,6,8-13H2,1H3;1H. The van der Waals surface area contributed by atoms with E-state index in [1.807, 2.05) is 21.8 Å². The van der Waals surface area contributed by atoms with Gasteiger partial charge in [0.2, 0.25) is 0 Å². The fourth-order valence-corrected chi connectivity index (χ4v) is 4.53. The Kier molecular flexibility index (Phi) is 7.45. The molecule has 0 spiro atoms. The first-order chi connectivity index (χ1) is 13.2. The van der Waals surface area contributed by atoms with E-state index in [2.05, 4.69) is 32.6 Å². The van der Waals surface area contributed by atoms with Crippen LogP contribution in [0.2, 0.25) is 0 Å². The predicted octanol–water partition coefficient (Wildman–Crippen LogP) is 2.21. The molecule has 2 aromatic rings. The number of hydrogen-bond acceptors (Lipinski definition) is 6. The number of aryl methyl sites for hydroxylation is 1. The molecule has 154 valence electrons. The molecule has 2 aliphatic rings. The third-order valence-corrected chi connectivity index (χ3v) is 6.46. The number of halogens is 1. The van der Waals surface area contributed by atoms with Crippen LogP contribution < -0.4 is 5.32 Å². The molecular weight excluding hydrogens is 396 g/mol. The zero-order chi connectivity index (χ0) is 18.6. The second-order valence-electron chi connectivity index (χ2n) is 7.34. The number of nitrogens with zero attached hydrogens (tertiary/aromatic N) is 5. The molecule has 0 bridgehead atoms. The number of thiazole rings is 1. The molecule has 0 aliphatic carbocycles. The fraction of sp³-hybridized carbons (Fsp3) is 0.632. The zero-order valence-electron chi connectivity index (χ0n) is 16.3. The molecule has 4 heterocycles. The Morgan fingerprint density at radius 3 is 2.82 bits per heavy atom. The molecule has 1 amide bonds. The number of amides is 1. The van der Waals surface area contributed by atoms with Crippen molar-refractivity contribution >= 4 is 29.7 Å². The van der Waals surface area contributed by atoms with Crippen molar-refractivity contribution in [3.63, 3.8) is 0 Å². The number of aromatic nitrogens is 3. The smallest absolute Gasteiger partial charge is 0.274 e. The van der Waals surface area contributed by atoms with Crippen molar-refractivity contribution in [3.8, 4) is 0 Å². The van der Waals surface area contributed by atoms with E-state index in [4.69, 9.17) is 0 Å². The van der Waals surface area contributed by atoms with Crippen molar-refractivity contribution in [2.45, 2.75) is 38.8 Å². The van der Waals surface area contributed by atoms with Crippen molar-refractivity contribution in [2.75, 3.05) is 39.3 Å². The summed E-state index contributed by atoms with van der Waals surface area (Å²) < 4.78 is 1.96. The minimum atomic E-state index is 0. The summed E-state index contributed by atoms with van der Waals surface area (Å²) in [4.78, 5) is 21.8. The number of piperazine rings is 1. The Bertz CT molecular complexity index is 764. The molecule has 0 aromatic carbocycles. The highest BCUT2D eigenvalue weighted by molar-refractivity contribution is 7.09. The van der Waals surface area contributed by atoms with Gasteiger partial charge in [-0.1, -0.05) is 6.92 Å². The summed E-state index contributed by atoms with van der Waals surface area (Å²) in [6, 6.07) is 2.23. The highest BCUT2D eigenvalue weighted by Gasteiger charge is 2.25. The maximum absolute atomic E-state index is 12.8. The normalized spacial score (nSPS) is 20.8. The maximum Gasteiger partial charge on any atom is 0.274 e. The lowest BCUT2D eigenvalue weighted by Crippen LogP contribution is -2.48. The van der Waals surface area contributed by atoms with Gasteiger partial charge in [-0.25, -0.2) is 4.98 Å². The van der Waals surface area contributed by atoms with Crippen LogP contribution in [0.1, 0.15) is 47.0 Å². The number of carbonyl (C=O) groups is 1. The van der Waals surface area contributed by atoms with E-state index >= 15 is 0 Å². The minimum absolute atomic E-state index is 0. The SMILES string of the molecule is CCc1nc(CN2CCN(C(=O)c3ccn(C4CCCNC4)n3)CC2)cs1.Cl. The van der Waals surface area contributed by atoms with E-state index in [0.717, 1.165) is 70.8 Å². The van der Waals surface area contributed by atoms with Gasteiger partial charge >= 0.3 is 0 Å². The van der Waals surface area contributed by atoms with E-state index in [9.17, 15) is 4.79 Å². The topological polar surface area (TPSA) is 66.3 Å². The van der Waals surface area contributed by atoms with Crippen molar-refractivity contribution in [3.05, 3.63) is 34.0 Å². The predicted molar refractivity (Wildman–Crippen MR) is 113 cm³/mol. The Morgan fingerprint density at radius 2 is 2.14 bits per heavy atom. The van der Waals surface area contributed by atoms with Crippen LogP contribution in [0.4, 0.5) is 0 Å². The number of carbonyl (C=O) groups excluding carboxylic acids is 1. The van der Waals surface area contributed by atoms with Crippen LogP contribution in [0.15, 0.2) is 17.6 Å². The zero-order valence-corrected chi connectivity index (χ0v) is 18.0. The molecule has 1 unspecified atom stereocenters. The fourth-order valence-electron chi connectivity index (χ4n) is 3.80. The number of nitrogens with one attached hydrogen (secondary N) is 1. The van der Waals surface area contributed by atoms with Gasteiger partial charge in [-0.3, -0.25) is 14.4 Å². The third-order valence-electron chi connectivity index (χ3n) is 5.42. The van der Waals surface area contributed by atoms with Crippen molar-refractivity contribution in [2.24, 2.45) is 0 Å². The molecule has 4 rings (SSSR count). The Hall–Kier alpha value is -1.48. The van der Waals surface area contributed by atoms with Gasteiger partial charge in [0.1, 0.15) is 5.69 Å². The molecule has 2 saturated heterocycles. The average Bonchev–Trinajstić information content (AvgIpc) is 3.38. The molecule has 7 nitrogen and oxygen atoms in total. The third kappa shape index (κ3) is 4.92. The van der Waals surface area contributed by atoms with Gasteiger partial charge in [-0.05, 0) is 31.9 Å². The van der Waals surface area contributed by atoms with Crippen LogP contribution in [-0.2, 0) is 13.0 Å². The summed E-state index contributed by atoms with van der Waals surface area (Å²) in [6.07, 6.45) is 5.23. The van der Waals surface area contributed by atoms with Crippen LogP contribution in [0.5, 0.6) is 0 Å². The van der Waals surface area contributed by atoms with Gasteiger partial charge in [0.15, 0.2) is 0 Å². The van der Waals surface area contributed by atoms with Gasteiger partial charge in [-0.2, -0.15) is 5.10 Å². The van der Waals surface area contributed by atoms with Gasteiger partial charge in [-0.15, -0.1) is 23.7 Å². The molecule has 2 fully saturated rings. The summed E-state index contributed by atoms with van der Waals surface area (Å²) >= 11 is 1.74. The van der Waals surface area contributed by atoms with E-state index in [1.54, 1.807) is 11.3 Å². The van der Waals surface area contributed by atoms with Crippen molar-refractivity contribution < 1.29 is 4.79 Å². The van der Waals surface area contributed by atoms with Crippen LogP contribution in [0.3, 0.4) is 0 Å². The molecule has 2 aromatic heterocycles. The molecule has 9 heteroatoms. The van der Waals surface area contributed by atoms with Gasteiger partial charge in [0.05, 0.1) is 16.7 Å². The van der Waals surface area contributed by atoms with E-state index < -0.39 is 0 Å². The number of rotatable bonds is 5. The van der Waals surface area contributed by atoms with Crippen molar-refractivity contribution in [1.29, 1.82) is 0 Å². The van der Waals surface area contributed by atoms with Crippen molar-refractivity contribution in [1.82, 2.24) is 29.9 Å². The molecule has 2 aliphatic heterocycles. The number of piperidine rings is 1. The van der Waals surface area contributed by atoms with E-state index in [-0.39, 0.29) is 18.3 Å². The molecular formula is C19H29ClN6OS. The maximum atomic E-state index is 12.8. The lowest BCUT2D eigenvalue weighted by Gasteiger charge is -2.34. The van der Waals surface area contributed by atoms with Crippen LogP contribution in [0, 0.1) is 0 Å². The molecule has 1 N–H and O–H groups in total. The molecule has 28 heavy (non-hydrogen) atoms. The molecule has 1 atom stereocenters. The first kappa shape index (κ1) is 21.2. The summed E-state index contributed by atoms with van der Waals surface area (Å²) in [7, 11) is 0. The Balaban J connectivity index is 0.00000225. The summed E-state index contributed by atoms with van der Waals surface area (Å²) in [5.41, 5.74) is 1.72. The van der Waals surface area contributed by atoms with Gasteiger partial charge in [0.25, 0.3) is 5.91 Å². The highest BCUT2D eigenvalue weighted by atomic mass is 35.5. The largest absolute Gasteiger partial charge is 0.335 e. The monoisotopic (exact) mass is 424 g/mol. The highest BCUT2D eigenvalue weighted by Crippen LogP contribution is 2.17. The second kappa shape index (κ2) is 9.82. The first-order valence-electron chi connectivity index (χ1n) is 9.93. The lowest BCUT2D eigenvalue weighted by atomic mass is 10.1. The summed E-state index contributed by atoms with van der Waals surface area (Å²) in [5.74, 6) is 0.0547. The first-order valence-corrected chi connectivity index (χ1v) is 10.8. The van der Waals surface area contributed by atoms with Gasteiger partial charge in [0, 0.05) is 50.8 Å². The quantitative estimate of drug-likeness (QED) is 0.797.